The highest BCUT2D eigenvalue weighted by molar-refractivity contribution is 5.65. The van der Waals surface area contributed by atoms with Crippen LogP contribution < -0.4 is 4.74 Å². The van der Waals surface area contributed by atoms with E-state index in [9.17, 15) is 30.7 Å². The molecule has 0 heterocycles. The van der Waals surface area contributed by atoms with Gasteiger partial charge >= 0.3 is 6.11 Å². The van der Waals surface area contributed by atoms with Crippen LogP contribution >= 0.6 is 0 Å². The van der Waals surface area contributed by atoms with E-state index in [4.69, 9.17) is 0 Å². The first-order chi connectivity index (χ1) is 13.5. The first-order valence-corrected chi connectivity index (χ1v) is 8.28. The van der Waals surface area contributed by atoms with Crippen molar-refractivity contribution >= 4 is 0 Å². The lowest BCUT2D eigenvalue weighted by Gasteiger charge is -2.20. The quantitative estimate of drug-likeness (QED) is 0.427. The maximum Gasteiger partial charge on any atom is 0.432 e. The number of hydrogen-bond acceptors (Lipinski definition) is 1. The first kappa shape index (κ1) is 20.7. The van der Waals surface area contributed by atoms with E-state index in [2.05, 4.69) is 4.74 Å². The van der Waals surface area contributed by atoms with E-state index in [0.717, 1.165) is 13.0 Å². The molecule has 0 unspecified atom stereocenters. The molecule has 0 N–H and O–H groups in total. The summed E-state index contributed by atoms with van der Waals surface area (Å²) < 4.78 is 103. The van der Waals surface area contributed by atoms with Crippen LogP contribution in [0.15, 0.2) is 42.5 Å². The van der Waals surface area contributed by atoms with Crippen LogP contribution in [-0.2, 0) is 6.11 Å². The van der Waals surface area contributed by atoms with Crippen molar-refractivity contribution in [2.24, 2.45) is 0 Å². The molecule has 0 aliphatic carbocycles. The Morgan fingerprint density at radius 1 is 0.690 bits per heavy atom. The lowest BCUT2D eigenvalue weighted by molar-refractivity contribution is -0.189. The minimum atomic E-state index is -4.59. The Kier molecular flexibility index (Phi) is 5.30. The van der Waals surface area contributed by atoms with Crippen LogP contribution in [0.4, 0.5) is 30.7 Å². The highest BCUT2D eigenvalue weighted by Gasteiger charge is 2.41. The van der Waals surface area contributed by atoms with Crippen LogP contribution in [0.1, 0.15) is 16.7 Å². The number of halogens is 7. The van der Waals surface area contributed by atoms with Gasteiger partial charge in [0.1, 0.15) is 40.4 Å². The van der Waals surface area contributed by atoms with Crippen molar-refractivity contribution in [2.45, 2.75) is 20.0 Å². The molecule has 0 atom stereocenters. The molecule has 8 heteroatoms. The van der Waals surface area contributed by atoms with E-state index in [1.165, 1.54) is 12.1 Å². The van der Waals surface area contributed by atoms with Gasteiger partial charge in [-0.25, -0.2) is 22.0 Å². The molecule has 0 amide bonds. The smallest absolute Gasteiger partial charge is 0.429 e. The highest BCUT2D eigenvalue weighted by atomic mass is 19.3. The third-order valence-electron chi connectivity index (χ3n) is 4.27. The minimum Gasteiger partial charge on any atom is -0.429 e. The summed E-state index contributed by atoms with van der Waals surface area (Å²) in [4.78, 5) is 0. The third-order valence-corrected chi connectivity index (χ3v) is 4.27. The molecule has 0 spiro atoms. The molecule has 3 aromatic carbocycles. The van der Waals surface area contributed by atoms with E-state index < -0.39 is 52.1 Å². The number of ether oxygens (including phenoxy) is 1. The summed E-state index contributed by atoms with van der Waals surface area (Å²) >= 11 is 0. The number of aryl methyl sites for hydroxylation is 1. The normalized spacial score (nSPS) is 11.6. The van der Waals surface area contributed by atoms with Crippen molar-refractivity contribution in [3.05, 3.63) is 88.2 Å². The second-order valence-electron chi connectivity index (χ2n) is 6.43. The zero-order valence-electron chi connectivity index (χ0n) is 15.1. The van der Waals surface area contributed by atoms with Gasteiger partial charge in [-0.1, -0.05) is 12.1 Å². The van der Waals surface area contributed by atoms with Crippen molar-refractivity contribution in [2.75, 3.05) is 0 Å². The fourth-order valence-corrected chi connectivity index (χ4v) is 2.74. The van der Waals surface area contributed by atoms with Gasteiger partial charge in [-0.15, -0.1) is 0 Å². The van der Waals surface area contributed by atoms with Crippen LogP contribution in [0.5, 0.6) is 5.75 Å². The Bertz CT molecular complexity index is 1050. The van der Waals surface area contributed by atoms with Gasteiger partial charge in [-0.3, -0.25) is 0 Å². The summed E-state index contributed by atoms with van der Waals surface area (Å²) in [5.74, 6) is -7.49. The van der Waals surface area contributed by atoms with Crippen molar-refractivity contribution < 1.29 is 35.5 Å². The average Bonchev–Trinajstić information content (AvgIpc) is 2.58. The Morgan fingerprint density at radius 2 is 1.24 bits per heavy atom. The van der Waals surface area contributed by atoms with E-state index in [0.29, 0.717) is 29.8 Å². The molecule has 1 nitrogen and oxygen atoms in total. The summed E-state index contributed by atoms with van der Waals surface area (Å²) in [5.41, 5.74) is -2.13. The topological polar surface area (TPSA) is 9.23 Å². The van der Waals surface area contributed by atoms with Crippen LogP contribution in [0.25, 0.3) is 11.1 Å². The van der Waals surface area contributed by atoms with Gasteiger partial charge in [-0.2, -0.15) is 8.78 Å². The van der Waals surface area contributed by atoms with Gasteiger partial charge in [0.05, 0.1) is 0 Å². The molecule has 3 aromatic rings. The summed E-state index contributed by atoms with van der Waals surface area (Å²) in [6.07, 6.45) is -4.59. The van der Waals surface area contributed by atoms with E-state index in [1.54, 1.807) is 6.92 Å². The monoisotopic (exact) mass is 414 g/mol. The zero-order chi connectivity index (χ0) is 21.5. The number of alkyl halides is 2. The molecule has 152 valence electrons. The molecular weight excluding hydrogens is 401 g/mol. The number of hydrogen-bond donors (Lipinski definition) is 0. The van der Waals surface area contributed by atoms with Gasteiger partial charge < -0.3 is 4.74 Å². The Labute approximate surface area is 161 Å². The summed E-state index contributed by atoms with van der Waals surface area (Å²) in [6.45, 7) is 2.68. The molecule has 0 aromatic heterocycles. The van der Waals surface area contributed by atoms with Crippen molar-refractivity contribution in [1.82, 2.24) is 0 Å². The number of benzene rings is 3. The molecule has 0 radical (unpaired) electrons. The molecule has 3 rings (SSSR count). The second kappa shape index (κ2) is 7.42. The zero-order valence-corrected chi connectivity index (χ0v) is 15.1. The minimum absolute atomic E-state index is 0.188. The van der Waals surface area contributed by atoms with Gasteiger partial charge in [0.25, 0.3) is 0 Å². The van der Waals surface area contributed by atoms with E-state index >= 15 is 0 Å². The van der Waals surface area contributed by atoms with E-state index in [1.807, 2.05) is 0 Å². The lowest BCUT2D eigenvalue weighted by atomic mass is 10.0. The summed E-state index contributed by atoms with van der Waals surface area (Å²) in [6, 6.07) is 5.86. The van der Waals surface area contributed by atoms with Crippen molar-refractivity contribution in [3.63, 3.8) is 0 Å². The van der Waals surface area contributed by atoms with Crippen molar-refractivity contribution in [3.8, 4) is 16.9 Å². The summed E-state index contributed by atoms with van der Waals surface area (Å²) in [7, 11) is 0. The highest BCUT2D eigenvalue weighted by Crippen LogP contribution is 2.38. The standard InChI is InChI=1S/C21H13F7O/c1-10-3-4-14(17(24)5-10)12-6-18(25)20(19(26)7-12)21(27,28)29-13-8-15(22)11(2)16(23)9-13/h3-9H,1-2H3. The maximum atomic E-state index is 14.4. The largest absolute Gasteiger partial charge is 0.432 e. The van der Waals surface area contributed by atoms with Crippen LogP contribution in [0.2, 0.25) is 0 Å². The molecular formula is C21H13F7O. The molecule has 0 aliphatic heterocycles. The Balaban J connectivity index is 2.02. The Hall–Kier alpha value is -3.03. The predicted molar refractivity (Wildman–Crippen MR) is 92.1 cm³/mol. The van der Waals surface area contributed by atoms with Gasteiger partial charge in [-0.05, 0) is 43.2 Å². The predicted octanol–water partition coefficient (Wildman–Crippen LogP) is 6.79. The van der Waals surface area contributed by atoms with Crippen LogP contribution in [-0.4, -0.2) is 0 Å². The van der Waals surface area contributed by atoms with Gasteiger partial charge in [0.2, 0.25) is 0 Å². The fraction of sp³-hybridized carbons (Fsp3) is 0.143. The van der Waals surface area contributed by atoms with Crippen molar-refractivity contribution in [1.29, 1.82) is 0 Å². The lowest BCUT2D eigenvalue weighted by Crippen LogP contribution is -2.25. The average molecular weight is 414 g/mol. The summed E-state index contributed by atoms with van der Waals surface area (Å²) in [5, 5.41) is 0. The van der Waals surface area contributed by atoms with Crippen LogP contribution in [0.3, 0.4) is 0 Å². The SMILES string of the molecule is Cc1ccc(-c2cc(F)c(C(F)(F)Oc3cc(F)c(C)c(F)c3)c(F)c2)c(F)c1. The molecule has 0 bridgehead atoms. The van der Waals surface area contributed by atoms with Gasteiger partial charge in [0, 0.05) is 23.3 Å². The van der Waals surface area contributed by atoms with E-state index in [-0.39, 0.29) is 11.1 Å². The molecule has 0 saturated heterocycles. The molecule has 29 heavy (non-hydrogen) atoms. The Morgan fingerprint density at radius 3 is 1.76 bits per heavy atom. The van der Waals surface area contributed by atoms with Gasteiger partial charge in [0.15, 0.2) is 0 Å². The fourth-order valence-electron chi connectivity index (χ4n) is 2.74. The second-order valence-corrected chi connectivity index (χ2v) is 6.43. The molecule has 0 saturated carbocycles. The maximum absolute atomic E-state index is 14.4. The molecule has 0 fully saturated rings. The first-order valence-electron chi connectivity index (χ1n) is 8.28. The third kappa shape index (κ3) is 4.06. The molecule has 0 aliphatic rings. The van der Waals surface area contributed by atoms with Crippen LogP contribution in [0, 0.1) is 42.9 Å². The number of rotatable bonds is 4.